The van der Waals surface area contributed by atoms with Crippen LogP contribution in [0.3, 0.4) is 0 Å². The monoisotopic (exact) mass is 466 g/mol. The molecule has 3 aromatic carbocycles. The van der Waals surface area contributed by atoms with E-state index in [4.69, 9.17) is 16.3 Å². The van der Waals surface area contributed by atoms with Crippen LogP contribution in [0.1, 0.15) is 29.5 Å². The van der Waals surface area contributed by atoms with Crippen molar-refractivity contribution < 1.29 is 13.2 Å². The zero-order chi connectivity index (χ0) is 22.3. The molecule has 2 N–H and O–H groups in total. The van der Waals surface area contributed by atoms with Crippen molar-refractivity contribution in [3.8, 4) is 5.75 Å². The third kappa shape index (κ3) is 3.74. The normalized spacial score (nSPS) is 21.4. The van der Waals surface area contributed by atoms with E-state index in [-0.39, 0.29) is 22.8 Å². The third-order valence-corrected chi connectivity index (χ3v) is 7.85. The molecule has 1 aliphatic heterocycles. The molecule has 2 aliphatic rings. The van der Waals surface area contributed by atoms with E-state index in [1.807, 2.05) is 24.3 Å². The van der Waals surface area contributed by atoms with E-state index in [0.29, 0.717) is 10.7 Å². The second-order valence-corrected chi connectivity index (χ2v) is 10.2. The van der Waals surface area contributed by atoms with Gasteiger partial charge in [-0.3, -0.25) is 4.72 Å². The minimum atomic E-state index is -3.73. The highest BCUT2D eigenvalue weighted by molar-refractivity contribution is 7.92. The van der Waals surface area contributed by atoms with Crippen molar-refractivity contribution in [1.29, 1.82) is 0 Å². The Labute approximate surface area is 193 Å². The first-order chi connectivity index (χ1) is 15.5. The van der Waals surface area contributed by atoms with Crippen molar-refractivity contribution in [3.05, 3.63) is 95.0 Å². The zero-order valence-corrected chi connectivity index (χ0v) is 19.0. The van der Waals surface area contributed by atoms with Crippen LogP contribution in [-0.4, -0.2) is 15.5 Å². The number of methoxy groups -OCH3 is 1. The Morgan fingerprint density at radius 3 is 2.59 bits per heavy atom. The molecular weight excluding hydrogens is 444 g/mol. The molecule has 5 nitrogen and oxygen atoms in total. The molecule has 1 aliphatic carbocycles. The van der Waals surface area contributed by atoms with E-state index in [1.54, 1.807) is 43.5 Å². The first kappa shape index (κ1) is 20.9. The Morgan fingerprint density at radius 1 is 1.03 bits per heavy atom. The quantitative estimate of drug-likeness (QED) is 0.454. The van der Waals surface area contributed by atoms with Crippen molar-refractivity contribution in [2.45, 2.75) is 23.3 Å². The van der Waals surface area contributed by atoms with Gasteiger partial charge in [0.05, 0.1) is 18.0 Å². The van der Waals surface area contributed by atoms with Gasteiger partial charge >= 0.3 is 0 Å². The second-order valence-electron chi connectivity index (χ2n) is 8.08. The van der Waals surface area contributed by atoms with E-state index in [2.05, 4.69) is 28.3 Å². The molecule has 1 heterocycles. The first-order valence-corrected chi connectivity index (χ1v) is 12.3. The summed E-state index contributed by atoms with van der Waals surface area (Å²) in [7, 11) is -2.04. The predicted molar refractivity (Wildman–Crippen MR) is 128 cm³/mol. The summed E-state index contributed by atoms with van der Waals surface area (Å²) in [5, 5.41) is 4.20. The van der Waals surface area contributed by atoms with Gasteiger partial charge < -0.3 is 10.1 Å². The fourth-order valence-electron chi connectivity index (χ4n) is 4.70. The Kier molecular flexibility index (Phi) is 5.35. The van der Waals surface area contributed by atoms with Gasteiger partial charge in [0, 0.05) is 27.9 Å². The van der Waals surface area contributed by atoms with Crippen molar-refractivity contribution in [3.63, 3.8) is 0 Å². The number of nitrogens with one attached hydrogen (secondary N) is 2. The van der Waals surface area contributed by atoms with Crippen LogP contribution >= 0.6 is 11.6 Å². The van der Waals surface area contributed by atoms with Gasteiger partial charge in [0.15, 0.2) is 0 Å². The smallest absolute Gasteiger partial charge is 0.261 e. The summed E-state index contributed by atoms with van der Waals surface area (Å²) in [5.74, 6) is 1.26. The lowest BCUT2D eigenvalue weighted by molar-refractivity contribution is 0.381. The lowest BCUT2D eigenvalue weighted by Crippen LogP contribution is -2.29. The van der Waals surface area contributed by atoms with E-state index in [1.165, 1.54) is 0 Å². The van der Waals surface area contributed by atoms with Crippen LogP contribution in [0.25, 0.3) is 0 Å². The number of ether oxygens (including phenoxy) is 1. The molecule has 164 valence electrons. The van der Waals surface area contributed by atoms with Gasteiger partial charge in [-0.25, -0.2) is 8.42 Å². The molecule has 3 atom stereocenters. The Balaban J connectivity index is 1.50. The van der Waals surface area contributed by atoms with Crippen LogP contribution in [0.2, 0.25) is 5.02 Å². The lowest BCUT2D eigenvalue weighted by atomic mass is 9.77. The number of fused-ring (bicyclic) bond motifs is 3. The SMILES string of the molecule is COc1ccccc1[C@H]1Nc2ccc(S(=O)(=O)Nc3ccc(Cl)cc3)cc2[C@H]2C=CC[C@H]21. The number of hydrogen-bond acceptors (Lipinski definition) is 4. The zero-order valence-electron chi connectivity index (χ0n) is 17.5. The van der Waals surface area contributed by atoms with Gasteiger partial charge in [-0.05, 0) is 66.4 Å². The molecule has 0 amide bonds. The molecule has 0 aromatic heterocycles. The van der Waals surface area contributed by atoms with Crippen LogP contribution in [0.15, 0.2) is 83.8 Å². The molecular formula is C25H23ClN2O3S. The predicted octanol–water partition coefficient (Wildman–Crippen LogP) is 5.98. The molecule has 0 unspecified atom stereocenters. The van der Waals surface area contributed by atoms with E-state index in [0.717, 1.165) is 29.0 Å². The van der Waals surface area contributed by atoms with Crippen LogP contribution < -0.4 is 14.8 Å². The number of halogens is 1. The molecule has 32 heavy (non-hydrogen) atoms. The summed E-state index contributed by atoms with van der Waals surface area (Å²) >= 11 is 5.91. The molecule has 0 saturated heterocycles. The largest absolute Gasteiger partial charge is 0.496 e. The van der Waals surface area contributed by atoms with Crippen LogP contribution in [0, 0.1) is 5.92 Å². The van der Waals surface area contributed by atoms with Gasteiger partial charge in [-0.1, -0.05) is 42.0 Å². The molecule has 0 saturated carbocycles. The number of hydrogen-bond donors (Lipinski definition) is 2. The van der Waals surface area contributed by atoms with Crippen molar-refractivity contribution >= 4 is 33.0 Å². The number of para-hydroxylation sites is 1. The van der Waals surface area contributed by atoms with Crippen molar-refractivity contribution in [1.82, 2.24) is 0 Å². The molecule has 5 rings (SSSR count). The summed E-state index contributed by atoms with van der Waals surface area (Å²) in [6, 6.07) is 20.0. The van der Waals surface area contributed by atoms with Crippen LogP contribution in [-0.2, 0) is 10.0 Å². The van der Waals surface area contributed by atoms with E-state index >= 15 is 0 Å². The van der Waals surface area contributed by atoms with Gasteiger partial charge in [-0.15, -0.1) is 0 Å². The fraction of sp³-hybridized carbons (Fsp3) is 0.200. The summed E-state index contributed by atoms with van der Waals surface area (Å²) in [4.78, 5) is 0.239. The highest BCUT2D eigenvalue weighted by atomic mass is 35.5. The number of allylic oxidation sites excluding steroid dienone is 2. The molecule has 7 heteroatoms. The maximum absolute atomic E-state index is 13.0. The first-order valence-electron chi connectivity index (χ1n) is 10.4. The minimum Gasteiger partial charge on any atom is -0.496 e. The summed E-state index contributed by atoms with van der Waals surface area (Å²) in [6.07, 6.45) is 5.29. The Hall–Kier alpha value is -2.96. The number of anilines is 2. The number of benzene rings is 3. The molecule has 0 spiro atoms. The molecule has 0 fully saturated rings. The summed E-state index contributed by atoms with van der Waals surface area (Å²) in [5.41, 5.74) is 3.52. The van der Waals surface area contributed by atoms with Crippen LogP contribution in [0.4, 0.5) is 11.4 Å². The highest BCUT2D eigenvalue weighted by Crippen LogP contribution is 2.51. The maximum atomic E-state index is 13.0. The van der Waals surface area contributed by atoms with Gasteiger partial charge in [0.1, 0.15) is 5.75 Å². The standard InChI is InChI=1S/C25H23ClN2O3S/c1-31-24-8-3-2-5-21(24)25-20-7-4-6-19(20)22-15-18(13-14-23(22)27-25)32(29,30)28-17-11-9-16(26)10-12-17/h2-6,8-15,19-20,25,27-28H,7H2,1H3/t19-,20+,25-/m0/s1. The van der Waals surface area contributed by atoms with E-state index < -0.39 is 10.0 Å². The molecule has 3 aromatic rings. The lowest BCUT2D eigenvalue weighted by Gasteiger charge is -2.38. The minimum absolute atomic E-state index is 0.0771. The van der Waals surface area contributed by atoms with Gasteiger partial charge in [0.25, 0.3) is 10.0 Å². The van der Waals surface area contributed by atoms with Gasteiger partial charge in [0.2, 0.25) is 0 Å². The van der Waals surface area contributed by atoms with Crippen molar-refractivity contribution in [2.24, 2.45) is 5.92 Å². The average Bonchev–Trinajstić information content (AvgIpc) is 3.30. The maximum Gasteiger partial charge on any atom is 0.261 e. The fourth-order valence-corrected chi connectivity index (χ4v) is 5.92. The second kappa shape index (κ2) is 8.19. The summed E-state index contributed by atoms with van der Waals surface area (Å²) in [6.45, 7) is 0. The van der Waals surface area contributed by atoms with Crippen LogP contribution in [0.5, 0.6) is 5.75 Å². The topological polar surface area (TPSA) is 67.4 Å². The van der Waals surface area contributed by atoms with E-state index in [9.17, 15) is 8.42 Å². The average molecular weight is 467 g/mol. The Morgan fingerprint density at radius 2 is 1.81 bits per heavy atom. The highest BCUT2D eigenvalue weighted by Gasteiger charge is 2.39. The van der Waals surface area contributed by atoms with Crippen molar-refractivity contribution in [2.75, 3.05) is 17.1 Å². The number of rotatable bonds is 5. The molecule has 0 bridgehead atoms. The third-order valence-electron chi connectivity index (χ3n) is 6.21. The molecule has 0 radical (unpaired) electrons. The Bertz CT molecular complexity index is 1290. The van der Waals surface area contributed by atoms with Gasteiger partial charge in [-0.2, -0.15) is 0 Å². The summed E-state index contributed by atoms with van der Waals surface area (Å²) < 4.78 is 34.3. The number of sulfonamides is 1.